The molecular weight excluding hydrogens is 299 g/mol. The molecule has 0 fully saturated rings. The Morgan fingerprint density at radius 3 is 2.30 bits per heavy atom. The van der Waals surface area contributed by atoms with Gasteiger partial charge in [-0.25, -0.2) is 0 Å². The lowest BCUT2D eigenvalue weighted by Crippen LogP contribution is -2.08. The highest BCUT2D eigenvalue weighted by Gasteiger charge is 2.19. The van der Waals surface area contributed by atoms with Crippen molar-refractivity contribution in [1.29, 1.82) is 0 Å². The Labute approximate surface area is 126 Å². The summed E-state index contributed by atoms with van der Waals surface area (Å²) in [6, 6.07) is 11.9. The van der Waals surface area contributed by atoms with Gasteiger partial charge in [-0.2, -0.15) is 0 Å². The normalized spacial score (nSPS) is 11.9. The van der Waals surface area contributed by atoms with E-state index in [9.17, 15) is 4.79 Å². The van der Waals surface area contributed by atoms with Crippen LogP contribution in [0.3, 0.4) is 0 Å². The van der Waals surface area contributed by atoms with Gasteiger partial charge in [-0.15, -0.1) is 0 Å². The molecule has 3 nitrogen and oxygen atoms in total. The van der Waals surface area contributed by atoms with Crippen molar-refractivity contribution in [2.24, 2.45) is 0 Å². The van der Waals surface area contributed by atoms with Crippen LogP contribution in [-0.2, 0) is 4.79 Å². The first-order chi connectivity index (χ1) is 9.50. The van der Waals surface area contributed by atoms with Gasteiger partial charge in [-0.1, -0.05) is 47.5 Å². The first-order valence-corrected chi connectivity index (χ1v) is 6.70. The molecule has 0 heterocycles. The number of hydrogen-bond donors (Lipinski definition) is 1. The molecule has 0 amide bonds. The van der Waals surface area contributed by atoms with Crippen LogP contribution in [0, 0.1) is 0 Å². The van der Waals surface area contributed by atoms with Gasteiger partial charge in [0.1, 0.15) is 5.75 Å². The number of rotatable bonds is 4. The van der Waals surface area contributed by atoms with E-state index in [0.717, 1.165) is 0 Å². The molecule has 0 aliphatic carbocycles. The third-order valence-electron chi connectivity index (χ3n) is 2.89. The maximum atomic E-state index is 11.1. The standard InChI is InChI=1S/C15H12Cl2O3/c1-9(15(18)19)10-5-2-3-8-13(10)20-14-11(16)6-4-7-12(14)17/h2-9H,1H3,(H,18,19). The van der Waals surface area contributed by atoms with E-state index in [-0.39, 0.29) is 0 Å². The van der Waals surface area contributed by atoms with E-state index in [0.29, 0.717) is 27.1 Å². The summed E-state index contributed by atoms with van der Waals surface area (Å²) in [7, 11) is 0. The number of halogens is 2. The molecule has 1 atom stereocenters. The fourth-order valence-corrected chi connectivity index (χ4v) is 2.23. The first-order valence-electron chi connectivity index (χ1n) is 5.94. The molecule has 1 unspecified atom stereocenters. The number of carboxylic acid groups (broad SMARTS) is 1. The molecule has 1 N–H and O–H groups in total. The molecule has 2 aromatic rings. The van der Waals surface area contributed by atoms with Crippen LogP contribution >= 0.6 is 23.2 Å². The predicted octanol–water partition coefficient (Wildman–Crippen LogP) is 4.97. The number of carboxylic acids is 1. The average molecular weight is 311 g/mol. The van der Waals surface area contributed by atoms with Crippen molar-refractivity contribution in [3.05, 3.63) is 58.1 Å². The van der Waals surface area contributed by atoms with Crippen molar-refractivity contribution >= 4 is 29.2 Å². The fraction of sp³-hybridized carbons (Fsp3) is 0.133. The summed E-state index contributed by atoms with van der Waals surface area (Å²) in [5.41, 5.74) is 0.566. The lowest BCUT2D eigenvalue weighted by Gasteiger charge is -2.15. The molecule has 2 aromatic carbocycles. The zero-order valence-electron chi connectivity index (χ0n) is 10.6. The Morgan fingerprint density at radius 1 is 1.10 bits per heavy atom. The van der Waals surface area contributed by atoms with E-state index in [4.69, 9.17) is 33.0 Å². The molecule has 0 aromatic heterocycles. The number of ether oxygens (including phenoxy) is 1. The number of carbonyl (C=O) groups is 1. The van der Waals surface area contributed by atoms with Gasteiger partial charge in [-0.05, 0) is 25.1 Å². The smallest absolute Gasteiger partial charge is 0.310 e. The molecule has 0 saturated carbocycles. The van der Waals surface area contributed by atoms with Gasteiger partial charge in [0.2, 0.25) is 0 Å². The summed E-state index contributed by atoms with van der Waals surface area (Å²) >= 11 is 12.1. The van der Waals surface area contributed by atoms with E-state index < -0.39 is 11.9 Å². The minimum atomic E-state index is -0.925. The van der Waals surface area contributed by atoms with Crippen LogP contribution in [-0.4, -0.2) is 11.1 Å². The van der Waals surface area contributed by atoms with Crippen molar-refractivity contribution < 1.29 is 14.6 Å². The Bertz CT molecular complexity index is 621. The second kappa shape index (κ2) is 6.16. The molecule has 20 heavy (non-hydrogen) atoms. The fourth-order valence-electron chi connectivity index (χ4n) is 1.75. The zero-order valence-corrected chi connectivity index (χ0v) is 12.2. The van der Waals surface area contributed by atoms with Crippen molar-refractivity contribution in [3.63, 3.8) is 0 Å². The molecule has 0 aliphatic heterocycles. The Balaban J connectivity index is 2.42. The molecule has 104 valence electrons. The van der Waals surface area contributed by atoms with Crippen molar-refractivity contribution in [2.45, 2.75) is 12.8 Å². The second-order valence-corrected chi connectivity index (χ2v) is 5.06. The topological polar surface area (TPSA) is 46.5 Å². The minimum absolute atomic E-state index is 0.320. The third kappa shape index (κ3) is 3.06. The van der Waals surface area contributed by atoms with E-state index in [2.05, 4.69) is 0 Å². The quantitative estimate of drug-likeness (QED) is 0.866. The molecule has 5 heteroatoms. The molecular formula is C15H12Cl2O3. The van der Waals surface area contributed by atoms with Crippen LogP contribution in [0.5, 0.6) is 11.5 Å². The number of hydrogen-bond acceptors (Lipinski definition) is 2. The summed E-state index contributed by atoms with van der Waals surface area (Å²) < 4.78 is 5.72. The molecule has 0 saturated heterocycles. The van der Waals surface area contributed by atoms with Crippen molar-refractivity contribution in [3.8, 4) is 11.5 Å². The Morgan fingerprint density at radius 2 is 1.70 bits per heavy atom. The molecule has 0 spiro atoms. The van der Waals surface area contributed by atoms with Crippen molar-refractivity contribution in [2.75, 3.05) is 0 Å². The van der Waals surface area contributed by atoms with Crippen LogP contribution < -0.4 is 4.74 Å². The lowest BCUT2D eigenvalue weighted by atomic mass is 10.0. The summed E-state index contributed by atoms with van der Waals surface area (Å²) in [5, 5.41) is 9.87. The Kier molecular flexibility index (Phi) is 4.53. The zero-order chi connectivity index (χ0) is 14.7. The predicted molar refractivity (Wildman–Crippen MR) is 79.0 cm³/mol. The lowest BCUT2D eigenvalue weighted by molar-refractivity contribution is -0.138. The summed E-state index contributed by atoms with van der Waals surface area (Å²) in [6.07, 6.45) is 0. The summed E-state index contributed by atoms with van der Waals surface area (Å²) in [6.45, 7) is 1.60. The molecule has 0 bridgehead atoms. The first kappa shape index (κ1) is 14.7. The third-order valence-corrected chi connectivity index (χ3v) is 3.48. The van der Waals surface area contributed by atoms with E-state index in [1.54, 1.807) is 49.4 Å². The van der Waals surface area contributed by atoms with Crippen LogP contribution in [0.4, 0.5) is 0 Å². The summed E-state index contributed by atoms with van der Waals surface area (Å²) in [5.74, 6) is -0.864. The van der Waals surface area contributed by atoms with Gasteiger partial charge >= 0.3 is 5.97 Å². The van der Waals surface area contributed by atoms with Crippen LogP contribution in [0.1, 0.15) is 18.4 Å². The largest absolute Gasteiger partial charge is 0.481 e. The van der Waals surface area contributed by atoms with Gasteiger partial charge in [0.25, 0.3) is 0 Å². The second-order valence-electron chi connectivity index (χ2n) is 4.25. The number of aliphatic carboxylic acids is 1. The highest BCUT2D eigenvalue weighted by Crippen LogP contribution is 2.38. The van der Waals surface area contributed by atoms with Gasteiger partial charge < -0.3 is 9.84 Å². The highest BCUT2D eigenvalue weighted by molar-refractivity contribution is 6.37. The SMILES string of the molecule is CC(C(=O)O)c1ccccc1Oc1c(Cl)cccc1Cl. The van der Waals surface area contributed by atoms with Gasteiger partial charge in [0.05, 0.1) is 16.0 Å². The Hall–Kier alpha value is -1.71. The van der Waals surface area contributed by atoms with Crippen molar-refractivity contribution in [1.82, 2.24) is 0 Å². The van der Waals surface area contributed by atoms with E-state index in [1.807, 2.05) is 0 Å². The van der Waals surface area contributed by atoms with Crippen LogP contribution in [0.15, 0.2) is 42.5 Å². The summed E-state index contributed by atoms with van der Waals surface area (Å²) in [4.78, 5) is 11.1. The van der Waals surface area contributed by atoms with E-state index >= 15 is 0 Å². The maximum Gasteiger partial charge on any atom is 0.310 e. The van der Waals surface area contributed by atoms with Gasteiger partial charge in [-0.3, -0.25) is 4.79 Å². The van der Waals surface area contributed by atoms with Crippen LogP contribution in [0.25, 0.3) is 0 Å². The monoisotopic (exact) mass is 310 g/mol. The van der Waals surface area contributed by atoms with Gasteiger partial charge in [0, 0.05) is 5.56 Å². The molecule has 0 aliphatic rings. The van der Waals surface area contributed by atoms with Crippen LogP contribution in [0.2, 0.25) is 10.0 Å². The number of benzene rings is 2. The number of para-hydroxylation sites is 2. The average Bonchev–Trinajstić information content (AvgIpc) is 2.42. The maximum absolute atomic E-state index is 11.1. The minimum Gasteiger partial charge on any atom is -0.481 e. The van der Waals surface area contributed by atoms with E-state index in [1.165, 1.54) is 0 Å². The highest BCUT2D eigenvalue weighted by atomic mass is 35.5. The molecule has 0 radical (unpaired) electrons. The molecule has 2 rings (SSSR count). The van der Waals surface area contributed by atoms with Gasteiger partial charge in [0.15, 0.2) is 5.75 Å².